The molecular weight excluding hydrogens is 270 g/mol. The number of ketones is 1. The van der Waals surface area contributed by atoms with Gasteiger partial charge in [-0.2, -0.15) is 0 Å². The minimum Gasteiger partial charge on any atom is -0.391 e. The Balaban J connectivity index is 1.89. The van der Waals surface area contributed by atoms with Gasteiger partial charge in [-0.3, -0.25) is 4.79 Å². The first-order valence-electron chi connectivity index (χ1n) is 5.72. The molecule has 6 fully saturated rings. The number of Topliss-reactive ketones (excluding diaryl/α,β-unsaturated/α-hetero) is 1. The van der Waals surface area contributed by atoms with Gasteiger partial charge in [0, 0.05) is 23.7 Å². The second-order valence-electron chi connectivity index (χ2n) is 6.08. The van der Waals surface area contributed by atoms with Gasteiger partial charge in [-0.25, -0.2) is 0 Å². The lowest BCUT2D eigenvalue weighted by Crippen LogP contribution is -2.42. The molecule has 5 heteroatoms. The Morgan fingerprint density at radius 3 is 2.38 bits per heavy atom. The van der Waals surface area contributed by atoms with E-state index in [1.165, 1.54) is 0 Å². The van der Waals surface area contributed by atoms with Crippen LogP contribution in [0.2, 0.25) is 0 Å². The highest BCUT2D eigenvalue weighted by Crippen LogP contribution is 2.88. The summed E-state index contributed by atoms with van der Waals surface area (Å²) in [6, 6.07) is 0. The first kappa shape index (κ1) is 9.43. The van der Waals surface area contributed by atoms with Crippen LogP contribution in [0.15, 0.2) is 0 Å². The quantitative estimate of drug-likeness (QED) is 0.682. The van der Waals surface area contributed by atoms with Crippen LogP contribution in [0.25, 0.3) is 0 Å². The molecule has 2 nitrogen and oxygen atoms in total. The van der Waals surface area contributed by atoms with Gasteiger partial charge in [0.05, 0.1) is 11.0 Å². The summed E-state index contributed by atoms with van der Waals surface area (Å²) in [4.78, 5) is 11.5. The molecule has 0 aromatic heterocycles. The summed E-state index contributed by atoms with van der Waals surface area (Å²) in [6.45, 7) is 0. The molecule has 6 aliphatic rings. The third-order valence-corrected chi connectivity index (χ3v) is 7.87. The van der Waals surface area contributed by atoms with Crippen LogP contribution in [0.5, 0.6) is 0 Å². The molecule has 0 spiro atoms. The average Bonchev–Trinajstić information content (AvgIpc) is 2.84. The minimum atomic E-state index is -0.830. The zero-order valence-corrected chi connectivity index (χ0v) is 10.4. The molecule has 0 aliphatic heterocycles. The van der Waals surface area contributed by atoms with Crippen LogP contribution in [-0.2, 0) is 4.79 Å². The minimum absolute atomic E-state index is 0.0247. The monoisotopic (exact) mass is 278 g/mol. The summed E-state index contributed by atoms with van der Waals surface area (Å²) < 4.78 is -0.830. The van der Waals surface area contributed by atoms with Gasteiger partial charge in [-0.1, -0.05) is 0 Å². The van der Waals surface area contributed by atoms with E-state index in [4.69, 9.17) is 34.8 Å². The number of aliphatic hydroxyl groups excluding tert-OH is 1. The first-order valence-corrected chi connectivity index (χ1v) is 6.85. The summed E-state index contributed by atoms with van der Waals surface area (Å²) in [5.41, 5.74) is 0. The van der Waals surface area contributed by atoms with Crippen molar-refractivity contribution in [3.63, 3.8) is 0 Å². The third-order valence-electron chi connectivity index (χ3n) is 6.15. The van der Waals surface area contributed by atoms with E-state index in [0.29, 0.717) is 0 Å². The smallest absolute Gasteiger partial charge is 0.141 e. The van der Waals surface area contributed by atoms with Crippen molar-refractivity contribution in [2.75, 3.05) is 0 Å². The summed E-state index contributed by atoms with van der Waals surface area (Å²) in [5, 5.41) is 10.3. The molecule has 1 N–H and O–H groups in total. The fourth-order valence-corrected chi connectivity index (χ4v) is 7.95. The van der Waals surface area contributed by atoms with Crippen molar-refractivity contribution in [3.8, 4) is 0 Å². The Hall–Kier alpha value is 0.500. The van der Waals surface area contributed by atoms with Gasteiger partial charge in [0.2, 0.25) is 0 Å². The van der Waals surface area contributed by atoms with E-state index in [1.807, 2.05) is 0 Å². The Labute approximate surface area is 107 Å². The number of carbonyl (C=O) groups excluding carboxylic acids is 1. The number of rotatable bonds is 0. The molecule has 0 heterocycles. The second-order valence-corrected chi connectivity index (χ2v) is 8.18. The highest BCUT2D eigenvalue weighted by molar-refractivity contribution is 6.50. The van der Waals surface area contributed by atoms with Crippen molar-refractivity contribution in [1.82, 2.24) is 0 Å². The lowest BCUT2D eigenvalue weighted by Gasteiger charge is -2.35. The van der Waals surface area contributed by atoms with E-state index in [2.05, 4.69) is 0 Å². The molecule has 0 radical (unpaired) electrons. The van der Waals surface area contributed by atoms with Crippen molar-refractivity contribution in [2.24, 2.45) is 41.4 Å². The van der Waals surface area contributed by atoms with Crippen molar-refractivity contribution in [1.29, 1.82) is 0 Å². The number of alkyl halides is 3. The molecule has 6 bridgehead atoms. The maximum absolute atomic E-state index is 12.2. The zero-order chi connectivity index (χ0) is 11.2. The Bertz CT molecular complexity index is 464. The lowest BCUT2D eigenvalue weighted by atomic mass is 9.71. The molecule has 6 rings (SSSR count). The van der Waals surface area contributed by atoms with Gasteiger partial charge in [-0.05, 0) is 17.8 Å². The second kappa shape index (κ2) is 2.09. The maximum Gasteiger partial charge on any atom is 0.141 e. The van der Waals surface area contributed by atoms with Crippen LogP contribution in [0, 0.1) is 41.4 Å². The lowest BCUT2D eigenvalue weighted by molar-refractivity contribution is -0.122. The SMILES string of the molecule is O=C1C2C3C4C5C(C2C(Cl)(C5O)C14)C3(Cl)Cl. The van der Waals surface area contributed by atoms with Gasteiger partial charge < -0.3 is 5.11 Å². The van der Waals surface area contributed by atoms with Gasteiger partial charge in [-0.15, -0.1) is 34.8 Å². The molecule has 0 aromatic carbocycles. The summed E-state index contributed by atoms with van der Waals surface area (Å²) >= 11 is 19.5. The average molecular weight is 280 g/mol. The molecular formula is C11H9Cl3O2. The van der Waals surface area contributed by atoms with Crippen LogP contribution < -0.4 is 0 Å². The van der Waals surface area contributed by atoms with Gasteiger partial charge in [0.25, 0.3) is 0 Å². The fourth-order valence-electron chi connectivity index (χ4n) is 6.15. The molecule has 86 valence electrons. The molecule has 0 aromatic rings. The molecule has 6 aliphatic carbocycles. The van der Waals surface area contributed by atoms with Gasteiger partial charge in [0.1, 0.15) is 10.1 Å². The fraction of sp³-hybridized carbons (Fsp3) is 0.909. The molecule has 16 heavy (non-hydrogen) atoms. The van der Waals surface area contributed by atoms with Crippen molar-refractivity contribution >= 4 is 40.6 Å². The van der Waals surface area contributed by atoms with E-state index in [0.717, 1.165) is 0 Å². The van der Waals surface area contributed by atoms with Crippen LogP contribution in [0.3, 0.4) is 0 Å². The third kappa shape index (κ3) is 0.532. The normalized spacial score (nSPS) is 75.1. The Kier molecular flexibility index (Phi) is 1.23. The Morgan fingerprint density at radius 1 is 1.06 bits per heavy atom. The van der Waals surface area contributed by atoms with Crippen LogP contribution in [0.4, 0.5) is 0 Å². The number of halogens is 3. The molecule has 9 unspecified atom stereocenters. The van der Waals surface area contributed by atoms with E-state index in [1.54, 1.807) is 0 Å². The first-order chi connectivity index (χ1) is 7.43. The van der Waals surface area contributed by atoms with Gasteiger partial charge in [0.15, 0.2) is 0 Å². The largest absolute Gasteiger partial charge is 0.391 e. The van der Waals surface area contributed by atoms with E-state index in [9.17, 15) is 9.90 Å². The van der Waals surface area contributed by atoms with Crippen molar-refractivity contribution in [3.05, 3.63) is 0 Å². The van der Waals surface area contributed by atoms with Gasteiger partial charge >= 0.3 is 0 Å². The topological polar surface area (TPSA) is 37.3 Å². The zero-order valence-electron chi connectivity index (χ0n) is 8.11. The predicted molar refractivity (Wildman–Crippen MR) is 58.5 cm³/mol. The molecule has 0 amide bonds. The maximum atomic E-state index is 12.2. The predicted octanol–water partition coefficient (Wildman–Crippen LogP) is 1.45. The van der Waals surface area contributed by atoms with Crippen molar-refractivity contribution < 1.29 is 9.90 Å². The van der Waals surface area contributed by atoms with E-state index in [-0.39, 0.29) is 47.2 Å². The van der Waals surface area contributed by atoms with Crippen LogP contribution in [0.1, 0.15) is 0 Å². The summed E-state index contributed by atoms with van der Waals surface area (Å²) in [5.74, 6) is 0.304. The van der Waals surface area contributed by atoms with Crippen LogP contribution >= 0.6 is 34.8 Å². The molecule has 9 atom stereocenters. The number of hydrogen-bond acceptors (Lipinski definition) is 2. The Morgan fingerprint density at radius 2 is 1.75 bits per heavy atom. The number of hydrogen-bond donors (Lipinski definition) is 1. The molecule has 0 saturated heterocycles. The molecule has 6 saturated carbocycles. The van der Waals surface area contributed by atoms with Crippen molar-refractivity contribution in [2.45, 2.75) is 15.3 Å². The van der Waals surface area contributed by atoms with E-state index >= 15 is 0 Å². The summed E-state index contributed by atoms with van der Waals surface area (Å²) in [6.07, 6.45) is -0.586. The highest BCUT2D eigenvalue weighted by atomic mass is 35.5. The summed E-state index contributed by atoms with van der Waals surface area (Å²) in [7, 11) is 0. The van der Waals surface area contributed by atoms with E-state index < -0.39 is 15.3 Å². The van der Waals surface area contributed by atoms with Crippen LogP contribution in [-0.4, -0.2) is 26.2 Å². The standard InChI is InChI=1S/C11H9Cl3O2/c12-10-5-3-4-1(7(10)8(3)15)2(9(10)16)6(5)11(4,13)14/h1-7,9,16H. The number of aliphatic hydroxyl groups is 1. The highest BCUT2D eigenvalue weighted by Gasteiger charge is 2.94. The number of carbonyl (C=O) groups is 1.